The average molecular weight is 307 g/mol. The van der Waals surface area contributed by atoms with Gasteiger partial charge in [-0.3, -0.25) is 4.79 Å². The largest absolute Gasteiger partial charge is 0.358 e. The number of unbranched alkanes of at least 4 members (excludes halogenated alkanes) is 1. The molecular weight excluding hydrogens is 286 g/mol. The van der Waals surface area contributed by atoms with Crippen LogP contribution in [0.5, 0.6) is 0 Å². The molecule has 0 radical (unpaired) electrons. The second-order valence-electron chi connectivity index (χ2n) is 4.93. The molecular formula is C14H21N5OS. The summed E-state index contributed by atoms with van der Waals surface area (Å²) < 4.78 is 1.78. The fourth-order valence-electron chi connectivity index (χ4n) is 2.17. The molecule has 1 amide bonds. The maximum atomic E-state index is 11.3. The van der Waals surface area contributed by atoms with Crippen molar-refractivity contribution in [2.75, 3.05) is 12.8 Å². The van der Waals surface area contributed by atoms with E-state index in [9.17, 15) is 4.79 Å². The van der Waals surface area contributed by atoms with Gasteiger partial charge in [0.15, 0.2) is 0 Å². The summed E-state index contributed by atoms with van der Waals surface area (Å²) in [6, 6.07) is 0. The summed E-state index contributed by atoms with van der Waals surface area (Å²) in [5.74, 6) is 0.877. The second-order valence-corrected chi connectivity index (χ2v) is 5.88. The zero-order valence-electron chi connectivity index (χ0n) is 12.9. The first-order valence-corrected chi connectivity index (χ1v) is 8.11. The molecule has 0 atom stereocenters. The predicted molar refractivity (Wildman–Crippen MR) is 83.7 cm³/mol. The molecule has 2 heterocycles. The summed E-state index contributed by atoms with van der Waals surface area (Å²) >= 11 is 1.32. The predicted octanol–water partition coefficient (Wildman–Crippen LogP) is 1.92. The third-order valence-electron chi connectivity index (χ3n) is 3.42. The van der Waals surface area contributed by atoms with Crippen LogP contribution in [0.2, 0.25) is 0 Å². The number of hydrogen-bond donors (Lipinski definition) is 1. The quantitative estimate of drug-likeness (QED) is 0.826. The summed E-state index contributed by atoms with van der Waals surface area (Å²) in [7, 11) is 1.62. The van der Waals surface area contributed by atoms with Crippen LogP contribution in [-0.2, 0) is 11.2 Å². The van der Waals surface area contributed by atoms with E-state index < -0.39 is 0 Å². The molecule has 0 aromatic carbocycles. The zero-order valence-corrected chi connectivity index (χ0v) is 13.8. The van der Waals surface area contributed by atoms with Crippen LogP contribution in [-0.4, -0.2) is 38.3 Å². The minimum absolute atomic E-state index is 0.0386. The van der Waals surface area contributed by atoms with Gasteiger partial charge >= 0.3 is 0 Å². The number of fused-ring (bicyclic) bond motifs is 1. The SMILES string of the molecule is CCCCc1c(C)nc2nc(SCC(=O)NC)nn2c1C. The van der Waals surface area contributed by atoms with Crippen molar-refractivity contribution in [3.63, 3.8) is 0 Å². The lowest BCUT2D eigenvalue weighted by atomic mass is 10.1. The summed E-state index contributed by atoms with van der Waals surface area (Å²) in [5, 5.41) is 7.62. The van der Waals surface area contributed by atoms with E-state index in [1.807, 2.05) is 6.92 Å². The lowest BCUT2D eigenvalue weighted by Crippen LogP contribution is -2.19. The Morgan fingerprint density at radius 3 is 2.76 bits per heavy atom. The lowest BCUT2D eigenvalue weighted by Gasteiger charge is -2.09. The maximum absolute atomic E-state index is 11.3. The standard InChI is InChI=1S/C14H21N5OS/c1-5-6-7-11-9(2)16-13-17-14(18-19(13)10(11)3)21-8-12(20)15-4/h5-8H2,1-4H3,(H,15,20). The zero-order chi connectivity index (χ0) is 15.4. The van der Waals surface area contributed by atoms with E-state index in [2.05, 4.69) is 34.2 Å². The van der Waals surface area contributed by atoms with Gasteiger partial charge in [0.1, 0.15) is 0 Å². The van der Waals surface area contributed by atoms with Crippen LogP contribution in [0.1, 0.15) is 36.7 Å². The van der Waals surface area contributed by atoms with Crippen LogP contribution in [0.25, 0.3) is 5.78 Å². The third-order valence-corrected chi connectivity index (χ3v) is 4.26. The highest BCUT2D eigenvalue weighted by Crippen LogP contribution is 2.19. The molecule has 21 heavy (non-hydrogen) atoms. The first-order chi connectivity index (χ1) is 10.1. The molecule has 0 fully saturated rings. The molecule has 0 saturated carbocycles. The highest BCUT2D eigenvalue weighted by Gasteiger charge is 2.14. The second kappa shape index (κ2) is 6.89. The highest BCUT2D eigenvalue weighted by atomic mass is 32.2. The van der Waals surface area contributed by atoms with Gasteiger partial charge in [0, 0.05) is 18.4 Å². The fraction of sp³-hybridized carbons (Fsp3) is 0.571. The first kappa shape index (κ1) is 15.8. The van der Waals surface area contributed by atoms with E-state index in [0.29, 0.717) is 16.7 Å². The fourth-order valence-corrected chi connectivity index (χ4v) is 2.86. The molecule has 114 valence electrons. The molecule has 2 aromatic rings. The molecule has 7 heteroatoms. The highest BCUT2D eigenvalue weighted by molar-refractivity contribution is 7.99. The minimum Gasteiger partial charge on any atom is -0.358 e. The monoisotopic (exact) mass is 307 g/mol. The van der Waals surface area contributed by atoms with Crippen LogP contribution >= 0.6 is 11.8 Å². The van der Waals surface area contributed by atoms with Crippen molar-refractivity contribution < 1.29 is 4.79 Å². The van der Waals surface area contributed by atoms with E-state index in [0.717, 1.165) is 30.7 Å². The van der Waals surface area contributed by atoms with Crippen molar-refractivity contribution >= 4 is 23.4 Å². The van der Waals surface area contributed by atoms with Crippen LogP contribution in [0, 0.1) is 13.8 Å². The smallest absolute Gasteiger partial charge is 0.253 e. The molecule has 2 aromatic heterocycles. The molecule has 0 spiro atoms. The third kappa shape index (κ3) is 3.53. The van der Waals surface area contributed by atoms with Gasteiger partial charge in [-0.05, 0) is 32.3 Å². The first-order valence-electron chi connectivity index (χ1n) is 7.13. The van der Waals surface area contributed by atoms with E-state index in [1.165, 1.54) is 17.3 Å². The Bertz CT molecular complexity index is 652. The number of amides is 1. The van der Waals surface area contributed by atoms with Gasteiger partial charge in [-0.15, -0.1) is 5.10 Å². The van der Waals surface area contributed by atoms with E-state index >= 15 is 0 Å². The number of hydrogen-bond acceptors (Lipinski definition) is 5. The minimum atomic E-state index is -0.0386. The topological polar surface area (TPSA) is 72.2 Å². The maximum Gasteiger partial charge on any atom is 0.253 e. The Balaban J connectivity index is 2.30. The Labute approximate surface area is 128 Å². The van der Waals surface area contributed by atoms with Crippen molar-refractivity contribution in [3.8, 4) is 0 Å². The number of nitrogens with zero attached hydrogens (tertiary/aromatic N) is 4. The number of rotatable bonds is 6. The lowest BCUT2D eigenvalue weighted by molar-refractivity contribution is -0.118. The van der Waals surface area contributed by atoms with Crippen LogP contribution in [0.15, 0.2) is 5.16 Å². The molecule has 0 unspecified atom stereocenters. The van der Waals surface area contributed by atoms with Crippen molar-refractivity contribution in [2.45, 2.75) is 45.2 Å². The van der Waals surface area contributed by atoms with Crippen LogP contribution in [0.4, 0.5) is 0 Å². The summed E-state index contributed by atoms with van der Waals surface area (Å²) in [5.41, 5.74) is 3.35. The normalized spacial score (nSPS) is 11.0. The van der Waals surface area contributed by atoms with Crippen molar-refractivity contribution in [1.82, 2.24) is 24.9 Å². The number of thioether (sulfide) groups is 1. The number of carbonyl (C=O) groups excluding carboxylic acids is 1. The van der Waals surface area contributed by atoms with Gasteiger partial charge in [-0.2, -0.15) is 4.98 Å². The Kier molecular flexibility index (Phi) is 5.17. The van der Waals surface area contributed by atoms with E-state index in [4.69, 9.17) is 0 Å². The van der Waals surface area contributed by atoms with Gasteiger partial charge in [0.2, 0.25) is 11.1 Å². The van der Waals surface area contributed by atoms with Gasteiger partial charge in [-0.1, -0.05) is 25.1 Å². The molecule has 0 bridgehead atoms. The van der Waals surface area contributed by atoms with Crippen molar-refractivity contribution in [2.24, 2.45) is 0 Å². The van der Waals surface area contributed by atoms with Gasteiger partial charge < -0.3 is 5.32 Å². The number of nitrogens with one attached hydrogen (secondary N) is 1. The van der Waals surface area contributed by atoms with Crippen molar-refractivity contribution in [1.29, 1.82) is 0 Å². The Morgan fingerprint density at radius 2 is 2.10 bits per heavy atom. The number of carbonyl (C=O) groups is 1. The summed E-state index contributed by atoms with van der Waals surface area (Å²) in [4.78, 5) is 20.2. The van der Waals surface area contributed by atoms with Crippen LogP contribution < -0.4 is 5.32 Å². The molecule has 0 saturated heterocycles. The molecule has 2 rings (SSSR count). The summed E-state index contributed by atoms with van der Waals surface area (Å²) in [6.45, 7) is 6.25. The van der Waals surface area contributed by atoms with Gasteiger partial charge in [0.05, 0.1) is 5.75 Å². The van der Waals surface area contributed by atoms with Crippen molar-refractivity contribution in [3.05, 3.63) is 17.0 Å². The molecule has 0 aliphatic carbocycles. The summed E-state index contributed by atoms with van der Waals surface area (Å²) in [6.07, 6.45) is 3.31. The number of aryl methyl sites for hydroxylation is 2. The average Bonchev–Trinajstić information content (AvgIpc) is 2.87. The Morgan fingerprint density at radius 1 is 1.33 bits per heavy atom. The molecule has 1 N–H and O–H groups in total. The Hall–Kier alpha value is -1.63. The van der Waals surface area contributed by atoms with E-state index in [-0.39, 0.29) is 5.91 Å². The molecule has 0 aliphatic rings. The molecule has 0 aliphatic heterocycles. The van der Waals surface area contributed by atoms with Gasteiger partial charge in [-0.25, -0.2) is 9.50 Å². The molecule has 6 nitrogen and oxygen atoms in total. The van der Waals surface area contributed by atoms with Crippen LogP contribution in [0.3, 0.4) is 0 Å². The number of aromatic nitrogens is 4. The van der Waals surface area contributed by atoms with Gasteiger partial charge in [0.25, 0.3) is 5.78 Å². The van der Waals surface area contributed by atoms with E-state index in [1.54, 1.807) is 11.6 Å².